The van der Waals surface area contributed by atoms with E-state index in [0.717, 1.165) is 18.7 Å². The number of nitrogens with zero attached hydrogens (tertiary/aromatic N) is 1. The molecule has 1 aliphatic heterocycles. The lowest BCUT2D eigenvalue weighted by Crippen LogP contribution is -2.27. The molecule has 1 saturated heterocycles. The number of hydrogen-bond acceptors (Lipinski definition) is 2. The number of nitrogens with one attached hydrogen (secondary N) is 1. The average molecular weight is 246 g/mol. The second kappa shape index (κ2) is 5.53. The second-order valence-corrected chi connectivity index (χ2v) is 5.28. The van der Waals surface area contributed by atoms with Gasteiger partial charge in [0.2, 0.25) is 0 Å². The maximum absolute atomic E-state index is 11.6. The van der Waals surface area contributed by atoms with Crippen LogP contribution >= 0.6 is 0 Å². The van der Waals surface area contributed by atoms with Crippen LogP contribution in [0.5, 0.6) is 0 Å². The third-order valence-corrected chi connectivity index (χ3v) is 3.80. The highest BCUT2D eigenvalue weighted by Crippen LogP contribution is 2.28. The summed E-state index contributed by atoms with van der Waals surface area (Å²) in [5.74, 6) is 0.563. The van der Waals surface area contributed by atoms with Crippen molar-refractivity contribution in [2.45, 2.75) is 32.2 Å². The highest BCUT2D eigenvalue weighted by molar-refractivity contribution is 5.94. The van der Waals surface area contributed by atoms with Gasteiger partial charge in [0.15, 0.2) is 0 Å². The number of carbonyl (C=O) groups excluding carboxylic acids is 1. The summed E-state index contributed by atoms with van der Waals surface area (Å²) in [6, 6.07) is 8.64. The molecule has 3 heteroatoms. The molecule has 0 saturated carbocycles. The average Bonchev–Trinajstić information content (AvgIpc) is 2.88. The van der Waals surface area contributed by atoms with Crippen molar-refractivity contribution in [1.82, 2.24) is 10.2 Å². The smallest absolute Gasteiger partial charge is 0.251 e. The second-order valence-electron chi connectivity index (χ2n) is 5.28. The van der Waals surface area contributed by atoms with Crippen molar-refractivity contribution in [3.8, 4) is 0 Å². The molecule has 98 valence electrons. The predicted molar refractivity (Wildman–Crippen MR) is 73.9 cm³/mol. The van der Waals surface area contributed by atoms with Gasteiger partial charge in [0.1, 0.15) is 0 Å². The molecule has 1 fully saturated rings. The minimum Gasteiger partial charge on any atom is -0.355 e. The zero-order valence-electron chi connectivity index (χ0n) is 11.4. The van der Waals surface area contributed by atoms with E-state index in [0.29, 0.717) is 12.0 Å². The molecule has 1 amide bonds. The van der Waals surface area contributed by atoms with Gasteiger partial charge in [-0.2, -0.15) is 0 Å². The third kappa shape index (κ3) is 2.72. The van der Waals surface area contributed by atoms with Gasteiger partial charge in [-0.25, -0.2) is 0 Å². The fourth-order valence-electron chi connectivity index (χ4n) is 2.61. The van der Waals surface area contributed by atoms with Gasteiger partial charge in [-0.05, 0) is 50.4 Å². The summed E-state index contributed by atoms with van der Waals surface area (Å²) in [6.07, 6.45) is 1.19. The molecule has 0 radical (unpaired) electrons. The molecule has 3 nitrogen and oxygen atoms in total. The minimum atomic E-state index is -0.00411. The molecule has 1 unspecified atom stereocenters. The molecule has 1 aromatic rings. The Morgan fingerprint density at radius 2 is 2.22 bits per heavy atom. The van der Waals surface area contributed by atoms with E-state index in [1.54, 1.807) is 7.05 Å². The van der Waals surface area contributed by atoms with E-state index in [-0.39, 0.29) is 5.91 Å². The van der Waals surface area contributed by atoms with Crippen molar-refractivity contribution in [3.05, 3.63) is 35.4 Å². The fourth-order valence-corrected chi connectivity index (χ4v) is 2.61. The van der Waals surface area contributed by atoms with Crippen LogP contribution in [0.15, 0.2) is 24.3 Å². The summed E-state index contributed by atoms with van der Waals surface area (Å²) in [6.45, 7) is 6.74. The first-order valence-electron chi connectivity index (χ1n) is 6.68. The molecular weight excluding hydrogens is 224 g/mol. The molecule has 1 heterocycles. The van der Waals surface area contributed by atoms with Crippen molar-refractivity contribution in [3.63, 3.8) is 0 Å². The number of carbonyl (C=O) groups is 1. The largest absolute Gasteiger partial charge is 0.355 e. The van der Waals surface area contributed by atoms with E-state index in [1.165, 1.54) is 12.0 Å². The van der Waals surface area contributed by atoms with Crippen molar-refractivity contribution >= 4 is 5.91 Å². The number of rotatable bonds is 3. The van der Waals surface area contributed by atoms with E-state index < -0.39 is 0 Å². The molecule has 1 aromatic carbocycles. The molecule has 0 bridgehead atoms. The zero-order chi connectivity index (χ0) is 13.1. The Labute approximate surface area is 109 Å². The molecular formula is C15H22N2O. The third-order valence-electron chi connectivity index (χ3n) is 3.80. The molecule has 0 spiro atoms. The van der Waals surface area contributed by atoms with Crippen molar-refractivity contribution in [2.75, 3.05) is 20.1 Å². The molecule has 1 aliphatic rings. The maximum atomic E-state index is 11.6. The standard InChI is InChI=1S/C15H22N2O/c1-11(2)17-8-7-14(10-17)12-5-4-6-13(9-12)15(18)16-3/h4-6,9,11,14H,7-8,10H2,1-3H3,(H,16,18). The number of likely N-dealkylation sites (tertiary alicyclic amines) is 1. The Morgan fingerprint density at radius 1 is 1.44 bits per heavy atom. The van der Waals surface area contributed by atoms with Crippen LogP contribution in [0.1, 0.15) is 42.1 Å². The van der Waals surface area contributed by atoms with Crippen LogP contribution in [-0.4, -0.2) is 37.0 Å². The van der Waals surface area contributed by atoms with Gasteiger partial charge in [0.05, 0.1) is 0 Å². The van der Waals surface area contributed by atoms with Crippen LogP contribution < -0.4 is 5.32 Å². The van der Waals surface area contributed by atoms with Gasteiger partial charge in [0.25, 0.3) is 5.91 Å². The Bertz CT molecular complexity index is 428. The monoisotopic (exact) mass is 246 g/mol. The van der Waals surface area contributed by atoms with E-state index in [9.17, 15) is 4.79 Å². The maximum Gasteiger partial charge on any atom is 0.251 e. The molecule has 2 rings (SSSR count). The van der Waals surface area contributed by atoms with Crippen LogP contribution in [0.25, 0.3) is 0 Å². The topological polar surface area (TPSA) is 32.3 Å². The Hall–Kier alpha value is -1.35. The summed E-state index contributed by atoms with van der Waals surface area (Å²) in [7, 11) is 1.67. The first-order valence-corrected chi connectivity index (χ1v) is 6.68. The van der Waals surface area contributed by atoms with E-state index in [4.69, 9.17) is 0 Å². The highest BCUT2D eigenvalue weighted by atomic mass is 16.1. The van der Waals surface area contributed by atoms with Crippen LogP contribution in [-0.2, 0) is 0 Å². The SMILES string of the molecule is CNC(=O)c1cccc(C2CCN(C(C)C)C2)c1. The summed E-state index contributed by atoms with van der Waals surface area (Å²) >= 11 is 0. The van der Waals surface area contributed by atoms with Crippen LogP contribution in [0, 0.1) is 0 Å². The van der Waals surface area contributed by atoms with Gasteiger partial charge >= 0.3 is 0 Å². The lowest BCUT2D eigenvalue weighted by Gasteiger charge is -2.20. The van der Waals surface area contributed by atoms with Gasteiger partial charge < -0.3 is 10.2 Å². The molecule has 0 aliphatic carbocycles. The lowest BCUT2D eigenvalue weighted by molar-refractivity contribution is 0.0963. The van der Waals surface area contributed by atoms with Gasteiger partial charge in [-0.1, -0.05) is 12.1 Å². The van der Waals surface area contributed by atoms with Crippen LogP contribution in [0.3, 0.4) is 0 Å². The van der Waals surface area contributed by atoms with Gasteiger partial charge in [-0.3, -0.25) is 4.79 Å². The summed E-state index contributed by atoms with van der Waals surface area (Å²) in [5, 5.41) is 2.68. The number of benzene rings is 1. The van der Waals surface area contributed by atoms with E-state index >= 15 is 0 Å². The Balaban J connectivity index is 2.12. The minimum absolute atomic E-state index is 0.00411. The summed E-state index contributed by atoms with van der Waals surface area (Å²) in [4.78, 5) is 14.1. The fraction of sp³-hybridized carbons (Fsp3) is 0.533. The van der Waals surface area contributed by atoms with Crippen molar-refractivity contribution in [1.29, 1.82) is 0 Å². The molecule has 18 heavy (non-hydrogen) atoms. The van der Waals surface area contributed by atoms with E-state index in [1.807, 2.05) is 18.2 Å². The van der Waals surface area contributed by atoms with Gasteiger partial charge in [-0.15, -0.1) is 0 Å². The first-order chi connectivity index (χ1) is 8.61. The molecule has 0 aromatic heterocycles. The van der Waals surface area contributed by atoms with Crippen molar-refractivity contribution in [2.24, 2.45) is 0 Å². The Kier molecular flexibility index (Phi) is 4.02. The number of hydrogen-bond donors (Lipinski definition) is 1. The normalized spacial score (nSPS) is 20.3. The molecule has 1 N–H and O–H groups in total. The molecule has 1 atom stereocenters. The van der Waals surface area contributed by atoms with Crippen LogP contribution in [0.2, 0.25) is 0 Å². The highest BCUT2D eigenvalue weighted by Gasteiger charge is 2.25. The quantitative estimate of drug-likeness (QED) is 0.887. The van der Waals surface area contributed by atoms with Crippen molar-refractivity contribution < 1.29 is 4.79 Å². The number of amides is 1. The predicted octanol–water partition coefficient (Wildman–Crippen LogP) is 2.24. The Morgan fingerprint density at radius 3 is 2.83 bits per heavy atom. The lowest BCUT2D eigenvalue weighted by atomic mass is 9.96. The zero-order valence-corrected chi connectivity index (χ0v) is 11.4. The summed E-state index contributed by atoms with van der Waals surface area (Å²) < 4.78 is 0. The van der Waals surface area contributed by atoms with E-state index in [2.05, 4.69) is 30.1 Å². The summed E-state index contributed by atoms with van der Waals surface area (Å²) in [5.41, 5.74) is 2.05. The first kappa shape index (κ1) is 13.1. The van der Waals surface area contributed by atoms with Gasteiger partial charge in [0, 0.05) is 25.2 Å². The van der Waals surface area contributed by atoms with Crippen LogP contribution in [0.4, 0.5) is 0 Å².